The Morgan fingerprint density at radius 2 is 1.53 bits per heavy atom. The molecule has 0 unspecified atom stereocenters. The number of hydrogen-bond acceptors (Lipinski definition) is 5. The number of rotatable bonds is 7. The largest absolute Gasteiger partial charge is 0.369 e. The van der Waals surface area contributed by atoms with Gasteiger partial charge in [-0.1, -0.05) is 18.2 Å². The lowest BCUT2D eigenvalue weighted by molar-refractivity contribution is -0.114. The number of likely N-dealkylation sites (N-methyl/N-ethyl adjacent to an activating group) is 1. The van der Waals surface area contributed by atoms with Crippen molar-refractivity contribution in [3.63, 3.8) is 0 Å². The lowest BCUT2D eigenvalue weighted by atomic mass is 10.2. The van der Waals surface area contributed by atoms with Crippen LogP contribution < -0.4 is 14.5 Å². The molecule has 1 aliphatic rings. The highest BCUT2D eigenvalue weighted by Gasteiger charge is 2.27. The van der Waals surface area contributed by atoms with Crippen LogP contribution in [0.2, 0.25) is 0 Å². The first-order valence-electron chi connectivity index (χ1n) is 11.0. The van der Waals surface area contributed by atoms with Crippen LogP contribution in [0.5, 0.6) is 0 Å². The van der Waals surface area contributed by atoms with Gasteiger partial charge in [0.2, 0.25) is 5.91 Å². The van der Waals surface area contributed by atoms with Crippen LogP contribution in [-0.4, -0.2) is 59.0 Å². The zero-order valence-corrected chi connectivity index (χ0v) is 19.7. The van der Waals surface area contributed by atoms with Gasteiger partial charge < -0.3 is 15.1 Å². The molecular formula is C25H27FN4O3S. The van der Waals surface area contributed by atoms with E-state index >= 15 is 0 Å². The molecule has 0 spiro atoms. The molecule has 1 heterocycles. The van der Waals surface area contributed by atoms with Crippen molar-refractivity contribution in [2.75, 3.05) is 54.3 Å². The number of carbonyl (C=O) groups is 1. The van der Waals surface area contributed by atoms with E-state index in [9.17, 15) is 17.6 Å². The molecule has 0 bridgehead atoms. The highest BCUT2D eigenvalue weighted by Crippen LogP contribution is 2.24. The number of halogens is 1. The van der Waals surface area contributed by atoms with Crippen LogP contribution in [0.4, 0.5) is 21.5 Å². The highest BCUT2D eigenvalue weighted by atomic mass is 32.2. The number of amides is 1. The predicted molar refractivity (Wildman–Crippen MR) is 132 cm³/mol. The van der Waals surface area contributed by atoms with E-state index in [1.54, 1.807) is 30.3 Å². The minimum Gasteiger partial charge on any atom is -0.369 e. The molecule has 0 radical (unpaired) electrons. The molecule has 0 saturated carbocycles. The Labute approximate surface area is 199 Å². The molecular weight excluding hydrogens is 455 g/mol. The van der Waals surface area contributed by atoms with Gasteiger partial charge in [0.1, 0.15) is 12.4 Å². The maximum atomic E-state index is 13.3. The summed E-state index contributed by atoms with van der Waals surface area (Å²) in [5.74, 6) is -1.02. The number of carbonyl (C=O) groups excluding carboxylic acids is 1. The Morgan fingerprint density at radius 1 is 0.912 bits per heavy atom. The summed E-state index contributed by atoms with van der Waals surface area (Å²) in [5, 5.41) is 2.78. The van der Waals surface area contributed by atoms with Crippen molar-refractivity contribution in [1.82, 2.24) is 4.90 Å². The zero-order valence-electron chi connectivity index (χ0n) is 18.9. The van der Waals surface area contributed by atoms with Crippen LogP contribution in [-0.2, 0) is 14.8 Å². The number of nitrogens with one attached hydrogen (secondary N) is 1. The van der Waals surface area contributed by atoms with E-state index < -0.39 is 28.3 Å². The van der Waals surface area contributed by atoms with E-state index in [1.807, 2.05) is 24.3 Å². The van der Waals surface area contributed by atoms with Gasteiger partial charge in [-0.2, -0.15) is 0 Å². The summed E-state index contributed by atoms with van der Waals surface area (Å²) in [5.41, 5.74) is 2.00. The molecule has 34 heavy (non-hydrogen) atoms. The van der Waals surface area contributed by atoms with E-state index in [2.05, 4.69) is 22.2 Å². The molecule has 0 aromatic heterocycles. The summed E-state index contributed by atoms with van der Waals surface area (Å²) in [4.78, 5) is 17.3. The maximum absolute atomic E-state index is 13.3. The second-order valence-corrected chi connectivity index (χ2v) is 10.0. The van der Waals surface area contributed by atoms with Gasteiger partial charge in [-0.05, 0) is 67.7 Å². The minimum absolute atomic E-state index is 0.0953. The molecule has 178 valence electrons. The van der Waals surface area contributed by atoms with Gasteiger partial charge in [-0.3, -0.25) is 9.10 Å². The molecule has 4 rings (SSSR count). The molecule has 1 fully saturated rings. The second kappa shape index (κ2) is 10.2. The molecule has 1 saturated heterocycles. The Kier molecular flexibility index (Phi) is 7.14. The topological polar surface area (TPSA) is 73.0 Å². The smallest absolute Gasteiger partial charge is 0.264 e. The molecule has 3 aromatic rings. The Bertz CT molecular complexity index is 1210. The first-order chi connectivity index (χ1) is 16.3. The number of hydrogen-bond donors (Lipinski definition) is 1. The van der Waals surface area contributed by atoms with Crippen molar-refractivity contribution < 1.29 is 17.6 Å². The number of anilines is 3. The fourth-order valence-electron chi connectivity index (χ4n) is 3.79. The van der Waals surface area contributed by atoms with Gasteiger partial charge in [0.25, 0.3) is 10.0 Å². The SMILES string of the molecule is CN1CCN(c2ccc(NC(=O)CN(c3ccccc3)S(=O)(=O)c3ccc(F)cc3)cc2)CC1. The molecule has 1 amide bonds. The Balaban J connectivity index is 1.49. The minimum atomic E-state index is -4.09. The molecule has 3 aromatic carbocycles. The average molecular weight is 483 g/mol. The number of nitrogens with zero attached hydrogens (tertiary/aromatic N) is 3. The molecule has 1 N–H and O–H groups in total. The van der Waals surface area contributed by atoms with Crippen molar-refractivity contribution in [2.45, 2.75) is 4.90 Å². The van der Waals surface area contributed by atoms with E-state index in [0.717, 1.165) is 48.3 Å². The third-order valence-corrected chi connectivity index (χ3v) is 7.54. The average Bonchev–Trinajstić information content (AvgIpc) is 2.84. The van der Waals surface area contributed by atoms with Crippen LogP contribution in [0.1, 0.15) is 0 Å². The third-order valence-electron chi connectivity index (χ3n) is 5.75. The third kappa shape index (κ3) is 5.55. The van der Waals surface area contributed by atoms with Crippen molar-refractivity contribution in [3.05, 3.63) is 84.7 Å². The zero-order chi connectivity index (χ0) is 24.1. The van der Waals surface area contributed by atoms with E-state index in [-0.39, 0.29) is 4.90 Å². The first-order valence-corrected chi connectivity index (χ1v) is 12.4. The van der Waals surface area contributed by atoms with Crippen LogP contribution in [0, 0.1) is 5.82 Å². The van der Waals surface area contributed by atoms with Crippen molar-refractivity contribution in [3.8, 4) is 0 Å². The molecule has 9 heteroatoms. The van der Waals surface area contributed by atoms with Crippen molar-refractivity contribution in [1.29, 1.82) is 0 Å². The second-order valence-electron chi connectivity index (χ2n) is 8.19. The summed E-state index contributed by atoms with van der Waals surface area (Å²) in [6.07, 6.45) is 0. The van der Waals surface area contributed by atoms with Gasteiger partial charge in [0.05, 0.1) is 10.6 Å². The number of sulfonamides is 1. The van der Waals surface area contributed by atoms with Crippen molar-refractivity contribution >= 4 is 33.0 Å². The molecule has 0 aliphatic carbocycles. The van der Waals surface area contributed by atoms with Crippen LogP contribution in [0.25, 0.3) is 0 Å². The van der Waals surface area contributed by atoms with Gasteiger partial charge in [-0.15, -0.1) is 0 Å². The van der Waals surface area contributed by atoms with Gasteiger partial charge >= 0.3 is 0 Å². The van der Waals surface area contributed by atoms with Crippen LogP contribution in [0.3, 0.4) is 0 Å². The number of piperazine rings is 1. The number of para-hydroxylation sites is 1. The number of benzene rings is 3. The van der Waals surface area contributed by atoms with Gasteiger partial charge in [-0.25, -0.2) is 12.8 Å². The molecule has 1 aliphatic heterocycles. The van der Waals surface area contributed by atoms with Crippen molar-refractivity contribution in [2.24, 2.45) is 0 Å². The quantitative estimate of drug-likeness (QED) is 0.559. The van der Waals surface area contributed by atoms with Gasteiger partial charge in [0, 0.05) is 37.6 Å². The molecule has 0 atom stereocenters. The molecule has 7 nitrogen and oxygen atoms in total. The van der Waals surface area contributed by atoms with E-state index in [1.165, 1.54) is 12.1 Å². The highest BCUT2D eigenvalue weighted by molar-refractivity contribution is 7.92. The summed E-state index contributed by atoms with van der Waals surface area (Å²) >= 11 is 0. The summed E-state index contributed by atoms with van der Waals surface area (Å²) in [6, 6.07) is 20.4. The lowest BCUT2D eigenvalue weighted by Gasteiger charge is -2.34. The fraction of sp³-hybridized carbons (Fsp3) is 0.240. The van der Waals surface area contributed by atoms with E-state index in [0.29, 0.717) is 11.4 Å². The predicted octanol–water partition coefficient (Wildman–Crippen LogP) is 3.41. The maximum Gasteiger partial charge on any atom is 0.264 e. The summed E-state index contributed by atoms with van der Waals surface area (Å²) < 4.78 is 40.9. The fourth-order valence-corrected chi connectivity index (χ4v) is 5.22. The first kappa shape index (κ1) is 23.7. The normalized spacial score (nSPS) is 14.6. The summed E-state index contributed by atoms with van der Waals surface area (Å²) in [7, 11) is -1.99. The standard InChI is InChI=1S/C25H27FN4O3S/c1-28-15-17-29(18-16-28)22-11-9-21(10-12-22)27-25(31)19-30(23-5-3-2-4-6-23)34(32,33)24-13-7-20(26)8-14-24/h2-14H,15-19H2,1H3,(H,27,31). The van der Waals surface area contributed by atoms with Crippen LogP contribution in [0.15, 0.2) is 83.8 Å². The summed E-state index contributed by atoms with van der Waals surface area (Å²) in [6.45, 7) is 3.45. The Hall–Kier alpha value is -3.43. The van der Waals surface area contributed by atoms with Gasteiger partial charge in [0.15, 0.2) is 0 Å². The van der Waals surface area contributed by atoms with E-state index in [4.69, 9.17) is 0 Å². The Morgan fingerprint density at radius 3 is 2.15 bits per heavy atom. The lowest BCUT2D eigenvalue weighted by Crippen LogP contribution is -2.44. The monoisotopic (exact) mass is 482 g/mol. The van der Waals surface area contributed by atoms with Crippen LogP contribution >= 0.6 is 0 Å².